The molecule has 0 fully saturated rings. The largest absolute Gasteiger partial charge is 0.471 e. The van der Waals surface area contributed by atoms with Crippen molar-refractivity contribution in [3.63, 3.8) is 0 Å². The van der Waals surface area contributed by atoms with Gasteiger partial charge in [0.2, 0.25) is 11.7 Å². The van der Waals surface area contributed by atoms with Crippen molar-refractivity contribution in [3.05, 3.63) is 71.0 Å². The normalized spacial score (nSPS) is 11.0. The minimum absolute atomic E-state index is 0.102. The molecule has 0 aliphatic carbocycles. The highest BCUT2D eigenvalue weighted by Gasteiger charge is 2.18. The van der Waals surface area contributed by atoms with E-state index in [-0.39, 0.29) is 6.61 Å². The van der Waals surface area contributed by atoms with Gasteiger partial charge in [-0.25, -0.2) is 0 Å². The first-order chi connectivity index (χ1) is 15.2. The second-order valence-electron chi connectivity index (χ2n) is 6.87. The molecule has 2 aromatic carbocycles. The standard InChI is InChI=1S/C22H14N6O3/c1-13-8-19(27-31-13)21-25-24-20-17-4-2-3-5-18(17)22(26-28(20)21)30-12-15-7-6-14(11-29)9-16(15)10-23/h2-9,11H,12H2,1H3. The molecule has 0 saturated heterocycles. The average molecular weight is 410 g/mol. The van der Waals surface area contributed by atoms with Crippen molar-refractivity contribution in [3.8, 4) is 23.5 Å². The molecule has 9 heteroatoms. The lowest BCUT2D eigenvalue weighted by Gasteiger charge is -2.11. The van der Waals surface area contributed by atoms with Gasteiger partial charge in [0.1, 0.15) is 18.7 Å². The van der Waals surface area contributed by atoms with Gasteiger partial charge in [-0.1, -0.05) is 35.5 Å². The molecule has 0 radical (unpaired) electrons. The molecular weight excluding hydrogens is 396 g/mol. The van der Waals surface area contributed by atoms with Gasteiger partial charge < -0.3 is 9.26 Å². The molecule has 3 aromatic heterocycles. The van der Waals surface area contributed by atoms with E-state index in [0.29, 0.717) is 51.8 Å². The molecule has 0 amide bonds. The van der Waals surface area contributed by atoms with Gasteiger partial charge in [-0.2, -0.15) is 9.78 Å². The maximum Gasteiger partial charge on any atom is 0.240 e. The van der Waals surface area contributed by atoms with Crippen molar-refractivity contribution in [2.24, 2.45) is 0 Å². The van der Waals surface area contributed by atoms with E-state index in [0.717, 1.165) is 10.8 Å². The quantitative estimate of drug-likeness (QED) is 0.404. The SMILES string of the molecule is Cc1cc(-c2nnc3c4ccccc4c(OCc4ccc(C=O)cc4C#N)nn23)no1. The summed E-state index contributed by atoms with van der Waals surface area (Å²) in [6, 6.07) is 16.3. The average Bonchev–Trinajstić information content (AvgIpc) is 3.43. The molecule has 5 rings (SSSR count). The van der Waals surface area contributed by atoms with Crippen molar-refractivity contribution in [2.45, 2.75) is 13.5 Å². The van der Waals surface area contributed by atoms with Crippen molar-refractivity contribution in [2.75, 3.05) is 0 Å². The summed E-state index contributed by atoms with van der Waals surface area (Å²) < 4.78 is 12.7. The highest BCUT2D eigenvalue weighted by molar-refractivity contribution is 5.97. The first-order valence-electron chi connectivity index (χ1n) is 9.37. The van der Waals surface area contributed by atoms with Crippen molar-refractivity contribution in [1.82, 2.24) is 25.0 Å². The molecule has 0 saturated carbocycles. The minimum atomic E-state index is 0.102. The van der Waals surface area contributed by atoms with Crippen LogP contribution in [0.15, 0.2) is 53.1 Å². The van der Waals surface area contributed by atoms with E-state index in [1.165, 1.54) is 6.07 Å². The fourth-order valence-electron chi connectivity index (χ4n) is 3.33. The second-order valence-corrected chi connectivity index (χ2v) is 6.87. The summed E-state index contributed by atoms with van der Waals surface area (Å²) in [7, 11) is 0. The number of carbonyl (C=O) groups is 1. The molecule has 0 N–H and O–H groups in total. The van der Waals surface area contributed by atoms with Crippen LogP contribution in [0.1, 0.15) is 27.2 Å². The van der Waals surface area contributed by atoms with Crippen LogP contribution in [0, 0.1) is 18.3 Å². The van der Waals surface area contributed by atoms with E-state index in [1.54, 1.807) is 29.6 Å². The smallest absolute Gasteiger partial charge is 0.240 e. The van der Waals surface area contributed by atoms with Crippen molar-refractivity contribution >= 4 is 22.7 Å². The number of aryl methyl sites for hydroxylation is 1. The first kappa shape index (κ1) is 18.4. The number of carbonyl (C=O) groups excluding carboxylic acids is 1. The number of aromatic nitrogens is 5. The molecule has 9 nitrogen and oxygen atoms in total. The summed E-state index contributed by atoms with van der Waals surface area (Å²) >= 11 is 0. The number of hydrogen-bond donors (Lipinski definition) is 0. The highest BCUT2D eigenvalue weighted by Crippen LogP contribution is 2.29. The van der Waals surface area contributed by atoms with Crippen LogP contribution >= 0.6 is 0 Å². The molecule has 0 bridgehead atoms. The number of benzene rings is 2. The summed E-state index contributed by atoms with van der Waals surface area (Å²) in [6.45, 7) is 1.89. The van der Waals surface area contributed by atoms with Gasteiger partial charge in [0.05, 0.1) is 11.6 Å². The summed E-state index contributed by atoms with van der Waals surface area (Å²) in [5.74, 6) is 1.43. The highest BCUT2D eigenvalue weighted by atomic mass is 16.5. The van der Waals surface area contributed by atoms with Crippen LogP contribution in [-0.2, 0) is 6.61 Å². The summed E-state index contributed by atoms with van der Waals surface area (Å²) in [5, 5.41) is 28.1. The van der Waals surface area contributed by atoms with E-state index in [9.17, 15) is 10.1 Å². The number of ether oxygens (including phenoxy) is 1. The Kier molecular flexibility index (Phi) is 4.37. The molecule has 5 aromatic rings. The summed E-state index contributed by atoms with van der Waals surface area (Å²) in [4.78, 5) is 11.0. The lowest BCUT2D eigenvalue weighted by atomic mass is 10.1. The van der Waals surface area contributed by atoms with E-state index >= 15 is 0 Å². The molecular formula is C22H14N6O3. The zero-order valence-corrected chi connectivity index (χ0v) is 16.3. The van der Waals surface area contributed by atoms with E-state index in [4.69, 9.17) is 9.26 Å². The number of nitrogens with zero attached hydrogens (tertiary/aromatic N) is 6. The van der Waals surface area contributed by atoms with Crippen molar-refractivity contribution < 1.29 is 14.1 Å². The van der Waals surface area contributed by atoms with Crippen LogP contribution in [0.5, 0.6) is 5.88 Å². The van der Waals surface area contributed by atoms with Gasteiger partial charge in [0.15, 0.2) is 11.3 Å². The molecule has 0 unspecified atom stereocenters. The zero-order valence-electron chi connectivity index (χ0n) is 16.3. The summed E-state index contributed by atoms with van der Waals surface area (Å²) in [6.07, 6.45) is 0.702. The number of rotatable bonds is 5. The molecule has 31 heavy (non-hydrogen) atoms. The van der Waals surface area contributed by atoms with Gasteiger partial charge in [-0.05, 0) is 19.1 Å². The van der Waals surface area contributed by atoms with Gasteiger partial charge >= 0.3 is 0 Å². The summed E-state index contributed by atoms with van der Waals surface area (Å²) in [5.41, 5.74) is 2.53. The van der Waals surface area contributed by atoms with Crippen LogP contribution in [0.4, 0.5) is 0 Å². The van der Waals surface area contributed by atoms with Gasteiger partial charge in [-0.15, -0.1) is 15.3 Å². The number of aldehydes is 1. The Labute approximate surface area is 175 Å². The monoisotopic (exact) mass is 410 g/mol. The third-order valence-electron chi connectivity index (χ3n) is 4.84. The van der Waals surface area contributed by atoms with E-state index < -0.39 is 0 Å². The number of hydrogen-bond acceptors (Lipinski definition) is 8. The molecule has 0 atom stereocenters. The second kappa shape index (κ2) is 7.35. The predicted molar refractivity (Wildman–Crippen MR) is 109 cm³/mol. The van der Waals surface area contributed by atoms with E-state index in [1.807, 2.05) is 24.3 Å². The Balaban J connectivity index is 1.61. The fraction of sp³-hybridized carbons (Fsp3) is 0.0909. The maximum absolute atomic E-state index is 11.0. The topological polar surface area (TPSA) is 119 Å². The van der Waals surface area contributed by atoms with Gasteiger partial charge in [0, 0.05) is 28.0 Å². The van der Waals surface area contributed by atoms with Crippen LogP contribution in [-0.4, -0.2) is 31.3 Å². The Morgan fingerprint density at radius 2 is 2.00 bits per heavy atom. The van der Waals surface area contributed by atoms with Crippen LogP contribution < -0.4 is 4.74 Å². The lowest BCUT2D eigenvalue weighted by molar-refractivity contribution is 0.112. The molecule has 0 aliphatic rings. The van der Waals surface area contributed by atoms with Gasteiger partial charge in [0.25, 0.3) is 0 Å². The maximum atomic E-state index is 11.0. The fourth-order valence-corrected chi connectivity index (χ4v) is 3.33. The Morgan fingerprint density at radius 3 is 2.74 bits per heavy atom. The molecule has 0 aliphatic heterocycles. The molecule has 150 valence electrons. The molecule has 0 spiro atoms. The Morgan fingerprint density at radius 1 is 1.16 bits per heavy atom. The van der Waals surface area contributed by atoms with Crippen molar-refractivity contribution in [1.29, 1.82) is 5.26 Å². The van der Waals surface area contributed by atoms with Gasteiger partial charge in [-0.3, -0.25) is 4.79 Å². The lowest BCUT2D eigenvalue weighted by Crippen LogP contribution is -2.05. The number of fused-ring (bicyclic) bond motifs is 3. The number of nitriles is 1. The molecule has 3 heterocycles. The first-order valence-corrected chi connectivity index (χ1v) is 9.37. The Hall–Kier alpha value is -4.58. The van der Waals surface area contributed by atoms with E-state index in [2.05, 4.69) is 26.5 Å². The third-order valence-corrected chi connectivity index (χ3v) is 4.84. The zero-order chi connectivity index (χ0) is 21.4. The minimum Gasteiger partial charge on any atom is -0.471 e. The third kappa shape index (κ3) is 3.16. The van der Waals surface area contributed by atoms with Crippen LogP contribution in [0.25, 0.3) is 27.9 Å². The predicted octanol–water partition coefficient (Wildman–Crippen LogP) is 3.50. The van der Waals surface area contributed by atoms with Crippen LogP contribution in [0.3, 0.4) is 0 Å². The van der Waals surface area contributed by atoms with Crippen LogP contribution in [0.2, 0.25) is 0 Å². The Bertz CT molecular complexity index is 1490.